The van der Waals surface area contributed by atoms with E-state index in [-0.39, 0.29) is 18.0 Å². The number of hydrogen-bond acceptors (Lipinski definition) is 5. The van der Waals surface area contributed by atoms with Gasteiger partial charge in [-0.1, -0.05) is 6.07 Å². The van der Waals surface area contributed by atoms with Crippen LogP contribution in [-0.2, 0) is 0 Å². The van der Waals surface area contributed by atoms with Crippen LogP contribution >= 0.6 is 22.7 Å². The molecule has 0 radical (unpaired) electrons. The Bertz CT molecular complexity index is 962. The van der Waals surface area contributed by atoms with Gasteiger partial charge in [-0.15, -0.1) is 22.7 Å². The normalized spacial score (nSPS) is 10.7. The Morgan fingerprint density at radius 1 is 1.11 bits per heavy atom. The maximum Gasteiger partial charge on any atom is 0.319 e. The summed E-state index contributed by atoms with van der Waals surface area (Å²) < 4.78 is 0. The molecule has 0 spiro atoms. The van der Waals surface area contributed by atoms with Gasteiger partial charge in [0, 0.05) is 27.5 Å². The van der Waals surface area contributed by atoms with E-state index in [9.17, 15) is 9.59 Å². The number of nitrogens with zero attached hydrogens (tertiary/aromatic N) is 1. The Morgan fingerprint density at radius 2 is 1.93 bits per heavy atom. The molecule has 0 aliphatic heterocycles. The average Bonchev–Trinajstić information content (AvgIpc) is 3.23. The van der Waals surface area contributed by atoms with E-state index >= 15 is 0 Å². The van der Waals surface area contributed by atoms with Gasteiger partial charge in [0.2, 0.25) is 0 Å². The number of benzene rings is 1. The Balaban J connectivity index is 1.67. The van der Waals surface area contributed by atoms with Gasteiger partial charge >= 0.3 is 6.03 Å². The topological polar surface area (TPSA) is 83.1 Å². The van der Waals surface area contributed by atoms with Crippen LogP contribution in [-0.4, -0.2) is 23.0 Å². The lowest BCUT2D eigenvalue weighted by atomic mass is 10.2. The highest BCUT2D eigenvalue weighted by atomic mass is 32.1. The van der Waals surface area contributed by atoms with Gasteiger partial charge in [0.1, 0.15) is 0 Å². The second-order valence-electron chi connectivity index (χ2n) is 6.24. The van der Waals surface area contributed by atoms with Gasteiger partial charge < -0.3 is 10.6 Å². The molecule has 0 fully saturated rings. The molecule has 2 aromatic heterocycles. The first-order valence-electron chi connectivity index (χ1n) is 8.42. The number of nitrogens with one attached hydrogen (secondary N) is 3. The molecule has 0 atom stereocenters. The van der Waals surface area contributed by atoms with Gasteiger partial charge in [-0.2, -0.15) is 0 Å². The monoisotopic (exact) mass is 400 g/mol. The molecule has 3 amide bonds. The summed E-state index contributed by atoms with van der Waals surface area (Å²) in [5.74, 6) is -0.272. The maximum absolute atomic E-state index is 12.5. The summed E-state index contributed by atoms with van der Waals surface area (Å²) in [5.41, 5.74) is 1.85. The van der Waals surface area contributed by atoms with Gasteiger partial charge in [0.05, 0.1) is 10.6 Å². The van der Waals surface area contributed by atoms with Crippen LogP contribution in [0.1, 0.15) is 29.1 Å². The number of aryl methyl sites for hydroxylation is 1. The SMILES string of the molecule is Cc1ccc(-c2csc(NC(=O)c3cccc(NC(=O)NC(C)C)c3)n2)s1. The molecule has 8 heteroatoms. The van der Waals surface area contributed by atoms with E-state index < -0.39 is 0 Å². The van der Waals surface area contributed by atoms with Gasteiger partial charge in [-0.25, -0.2) is 9.78 Å². The third kappa shape index (κ3) is 5.15. The van der Waals surface area contributed by atoms with Crippen LogP contribution in [0, 0.1) is 6.92 Å². The van der Waals surface area contributed by atoms with Gasteiger partial charge in [0.25, 0.3) is 5.91 Å². The highest BCUT2D eigenvalue weighted by Crippen LogP contribution is 2.30. The number of amides is 3. The fraction of sp³-hybridized carbons (Fsp3) is 0.211. The molecule has 0 aliphatic rings. The summed E-state index contributed by atoms with van der Waals surface area (Å²) >= 11 is 3.05. The number of carbonyl (C=O) groups excluding carboxylic acids is 2. The zero-order chi connectivity index (χ0) is 19.4. The van der Waals surface area contributed by atoms with Crippen LogP contribution in [0.5, 0.6) is 0 Å². The second kappa shape index (κ2) is 8.32. The molecule has 0 unspecified atom stereocenters. The van der Waals surface area contributed by atoms with E-state index in [1.165, 1.54) is 16.2 Å². The lowest BCUT2D eigenvalue weighted by Crippen LogP contribution is -2.34. The van der Waals surface area contributed by atoms with Crippen molar-refractivity contribution >= 4 is 45.4 Å². The first-order chi connectivity index (χ1) is 12.9. The molecular weight excluding hydrogens is 380 g/mol. The second-order valence-corrected chi connectivity index (χ2v) is 8.38. The van der Waals surface area contributed by atoms with E-state index in [2.05, 4.69) is 20.9 Å². The number of aromatic nitrogens is 1. The fourth-order valence-corrected chi connectivity index (χ4v) is 3.96. The van der Waals surface area contributed by atoms with Crippen molar-refractivity contribution in [3.8, 4) is 10.6 Å². The van der Waals surface area contributed by atoms with E-state index in [0.717, 1.165) is 10.6 Å². The number of anilines is 2. The van der Waals surface area contributed by atoms with Crippen molar-refractivity contribution < 1.29 is 9.59 Å². The summed E-state index contributed by atoms with van der Waals surface area (Å²) in [6.07, 6.45) is 0. The van der Waals surface area contributed by atoms with Crippen molar-refractivity contribution in [2.45, 2.75) is 26.8 Å². The molecule has 0 aliphatic carbocycles. The van der Waals surface area contributed by atoms with Crippen molar-refractivity contribution in [3.63, 3.8) is 0 Å². The molecule has 6 nitrogen and oxygen atoms in total. The minimum atomic E-state index is -0.307. The molecule has 1 aromatic carbocycles. The van der Waals surface area contributed by atoms with Gasteiger partial charge in [-0.05, 0) is 51.1 Å². The molecule has 3 aromatic rings. The minimum Gasteiger partial charge on any atom is -0.336 e. The first-order valence-corrected chi connectivity index (χ1v) is 10.1. The van der Waals surface area contributed by atoms with Crippen molar-refractivity contribution in [1.29, 1.82) is 0 Å². The van der Waals surface area contributed by atoms with Crippen LogP contribution in [0.2, 0.25) is 0 Å². The van der Waals surface area contributed by atoms with Crippen molar-refractivity contribution in [2.75, 3.05) is 10.6 Å². The molecule has 140 valence electrons. The largest absolute Gasteiger partial charge is 0.336 e. The highest BCUT2D eigenvalue weighted by molar-refractivity contribution is 7.17. The summed E-state index contributed by atoms with van der Waals surface area (Å²) in [5, 5.41) is 10.7. The third-order valence-electron chi connectivity index (χ3n) is 3.52. The van der Waals surface area contributed by atoms with Crippen LogP contribution in [0.15, 0.2) is 41.8 Å². The number of rotatable bonds is 5. The summed E-state index contributed by atoms with van der Waals surface area (Å²) in [6, 6.07) is 10.6. The maximum atomic E-state index is 12.5. The summed E-state index contributed by atoms with van der Waals surface area (Å²) in [4.78, 5) is 31.1. The molecule has 0 saturated heterocycles. The first kappa shape index (κ1) is 19.1. The van der Waals surface area contributed by atoms with Crippen molar-refractivity contribution in [1.82, 2.24) is 10.3 Å². The summed E-state index contributed by atoms with van der Waals surface area (Å²) in [7, 11) is 0. The van der Waals surface area contributed by atoms with E-state index in [4.69, 9.17) is 0 Å². The zero-order valence-corrected chi connectivity index (χ0v) is 16.8. The predicted octanol–water partition coefficient (Wildman–Crippen LogP) is 4.96. The Labute approximate surface area is 165 Å². The van der Waals surface area contributed by atoms with E-state index in [1.807, 2.05) is 38.3 Å². The Morgan fingerprint density at radius 3 is 2.63 bits per heavy atom. The minimum absolute atomic E-state index is 0.0303. The van der Waals surface area contributed by atoms with Crippen molar-refractivity contribution in [3.05, 3.63) is 52.2 Å². The predicted molar refractivity (Wildman–Crippen MR) is 112 cm³/mol. The smallest absolute Gasteiger partial charge is 0.319 e. The van der Waals surface area contributed by atoms with Crippen molar-refractivity contribution in [2.24, 2.45) is 0 Å². The average molecular weight is 401 g/mol. The van der Waals surface area contributed by atoms with Crippen LogP contribution < -0.4 is 16.0 Å². The number of urea groups is 1. The van der Waals surface area contributed by atoms with Crippen LogP contribution in [0.4, 0.5) is 15.6 Å². The molecular formula is C19H20N4O2S2. The number of carbonyl (C=O) groups is 2. The van der Waals surface area contributed by atoms with E-state index in [1.54, 1.807) is 35.6 Å². The highest BCUT2D eigenvalue weighted by Gasteiger charge is 2.12. The van der Waals surface area contributed by atoms with E-state index in [0.29, 0.717) is 16.4 Å². The molecule has 2 heterocycles. The zero-order valence-electron chi connectivity index (χ0n) is 15.2. The Hall–Kier alpha value is -2.71. The quantitative estimate of drug-likeness (QED) is 0.566. The van der Waals surface area contributed by atoms with Crippen LogP contribution in [0.25, 0.3) is 10.6 Å². The van der Waals surface area contributed by atoms with Crippen LogP contribution in [0.3, 0.4) is 0 Å². The lowest BCUT2D eigenvalue weighted by Gasteiger charge is -2.10. The lowest BCUT2D eigenvalue weighted by molar-refractivity contribution is 0.102. The fourth-order valence-electron chi connectivity index (χ4n) is 2.35. The number of thiazole rings is 1. The number of hydrogen-bond donors (Lipinski definition) is 3. The third-order valence-corrected chi connectivity index (χ3v) is 5.30. The molecule has 27 heavy (non-hydrogen) atoms. The molecule has 0 bridgehead atoms. The molecule has 3 rings (SSSR count). The number of thiophene rings is 1. The molecule has 3 N–H and O–H groups in total. The Kier molecular flexibility index (Phi) is 5.88. The standard InChI is InChI=1S/C19H20N4O2S2/c1-11(2)20-18(25)21-14-6-4-5-13(9-14)17(24)23-19-22-15(10-26-19)16-8-7-12(3)27-16/h4-11H,1-3H3,(H2,20,21,25)(H,22,23,24). The molecule has 0 saturated carbocycles. The summed E-state index contributed by atoms with van der Waals surface area (Å²) in [6.45, 7) is 5.80. The van der Waals surface area contributed by atoms with Gasteiger partial charge in [-0.3, -0.25) is 10.1 Å². The van der Waals surface area contributed by atoms with Gasteiger partial charge in [0.15, 0.2) is 5.13 Å².